The van der Waals surface area contributed by atoms with Gasteiger partial charge in [0.25, 0.3) is 5.91 Å². The van der Waals surface area contributed by atoms with Crippen LogP contribution in [0.15, 0.2) is 36.5 Å². The molecular weight excluding hydrogens is 336 g/mol. The molecule has 2 heterocycles. The van der Waals surface area contributed by atoms with Crippen molar-refractivity contribution in [3.8, 4) is 0 Å². The summed E-state index contributed by atoms with van der Waals surface area (Å²) in [6, 6.07) is 8.06. The molecule has 1 aromatic heterocycles. The van der Waals surface area contributed by atoms with E-state index in [1.807, 2.05) is 4.90 Å². The molecule has 1 N–H and O–H groups in total. The van der Waals surface area contributed by atoms with Crippen molar-refractivity contribution in [1.29, 1.82) is 0 Å². The molecule has 1 saturated heterocycles. The Morgan fingerprint density at radius 1 is 1.19 bits per heavy atom. The molecule has 1 fully saturated rings. The Labute approximate surface area is 151 Å². The molecule has 3 rings (SSSR count). The maximum Gasteiger partial charge on any atom is 0.338 e. The number of carbonyl (C=O) groups excluding carboxylic acids is 2. The molecule has 1 aromatic carbocycles. The Kier molecular flexibility index (Phi) is 5.75. The lowest BCUT2D eigenvalue weighted by molar-refractivity contribution is 0.0526. The molecule has 1 aliphatic heterocycles. The highest BCUT2D eigenvalue weighted by Gasteiger charge is 2.16. The van der Waals surface area contributed by atoms with E-state index in [1.165, 1.54) is 0 Å². The van der Waals surface area contributed by atoms with Crippen molar-refractivity contribution in [2.24, 2.45) is 0 Å². The van der Waals surface area contributed by atoms with Crippen LogP contribution in [0.25, 0.3) is 0 Å². The highest BCUT2D eigenvalue weighted by atomic mass is 16.5. The summed E-state index contributed by atoms with van der Waals surface area (Å²) in [5.74, 6) is -0.222. The molecule has 1 aliphatic rings. The summed E-state index contributed by atoms with van der Waals surface area (Å²) in [5.41, 5.74) is 1.27. The van der Waals surface area contributed by atoms with E-state index < -0.39 is 5.97 Å². The van der Waals surface area contributed by atoms with Gasteiger partial charge in [0.2, 0.25) is 5.95 Å². The van der Waals surface area contributed by atoms with Gasteiger partial charge < -0.3 is 19.7 Å². The summed E-state index contributed by atoms with van der Waals surface area (Å²) in [4.78, 5) is 34.6. The number of esters is 1. The maximum absolute atomic E-state index is 12.4. The van der Waals surface area contributed by atoms with Gasteiger partial charge >= 0.3 is 5.97 Å². The number of morpholine rings is 1. The summed E-state index contributed by atoms with van der Waals surface area (Å²) in [6.07, 6.45) is 1.57. The third kappa shape index (κ3) is 4.34. The van der Waals surface area contributed by atoms with Crippen LogP contribution in [0, 0.1) is 0 Å². The van der Waals surface area contributed by atoms with Gasteiger partial charge in [0.05, 0.1) is 25.4 Å². The lowest BCUT2D eigenvalue weighted by atomic mass is 10.2. The summed E-state index contributed by atoms with van der Waals surface area (Å²) in [6.45, 7) is 4.69. The first-order valence-electron chi connectivity index (χ1n) is 8.41. The van der Waals surface area contributed by atoms with Crippen molar-refractivity contribution in [3.63, 3.8) is 0 Å². The quantitative estimate of drug-likeness (QED) is 0.816. The second kappa shape index (κ2) is 8.39. The van der Waals surface area contributed by atoms with Gasteiger partial charge in [-0.15, -0.1) is 0 Å². The second-order valence-electron chi connectivity index (χ2n) is 5.59. The summed E-state index contributed by atoms with van der Waals surface area (Å²) in [7, 11) is 0. The van der Waals surface area contributed by atoms with Crippen LogP contribution in [-0.4, -0.2) is 54.8 Å². The number of nitrogens with zero attached hydrogens (tertiary/aromatic N) is 3. The van der Waals surface area contributed by atoms with Crippen LogP contribution in [0.5, 0.6) is 0 Å². The lowest BCUT2D eigenvalue weighted by Crippen LogP contribution is -2.37. The van der Waals surface area contributed by atoms with Crippen LogP contribution in [0.4, 0.5) is 11.6 Å². The van der Waals surface area contributed by atoms with Gasteiger partial charge in [-0.1, -0.05) is 0 Å². The van der Waals surface area contributed by atoms with Crippen molar-refractivity contribution in [1.82, 2.24) is 9.97 Å². The molecule has 0 bridgehead atoms. The average Bonchev–Trinajstić information content (AvgIpc) is 2.69. The number of aromatic nitrogens is 2. The van der Waals surface area contributed by atoms with Gasteiger partial charge in [0.15, 0.2) is 0 Å². The van der Waals surface area contributed by atoms with Crippen LogP contribution in [-0.2, 0) is 9.47 Å². The highest BCUT2D eigenvalue weighted by Crippen LogP contribution is 2.14. The van der Waals surface area contributed by atoms with E-state index in [0.29, 0.717) is 50.1 Å². The number of benzene rings is 1. The molecule has 0 saturated carbocycles. The first-order valence-corrected chi connectivity index (χ1v) is 8.41. The number of amides is 1. The molecule has 0 aliphatic carbocycles. The Bertz CT molecular complexity index is 773. The van der Waals surface area contributed by atoms with Gasteiger partial charge in [-0.05, 0) is 37.3 Å². The van der Waals surface area contributed by atoms with E-state index in [1.54, 1.807) is 43.5 Å². The molecule has 2 aromatic rings. The minimum atomic E-state index is -0.392. The van der Waals surface area contributed by atoms with Crippen LogP contribution >= 0.6 is 0 Å². The van der Waals surface area contributed by atoms with E-state index in [-0.39, 0.29) is 11.6 Å². The zero-order valence-electron chi connectivity index (χ0n) is 14.5. The van der Waals surface area contributed by atoms with E-state index in [4.69, 9.17) is 9.47 Å². The van der Waals surface area contributed by atoms with Gasteiger partial charge in [-0.2, -0.15) is 0 Å². The fourth-order valence-electron chi connectivity index (χ4n) is 2.49. The normalized spacial score (nSPS) is 14.0. The Hall–Kier alpha value is -3.00. The highest BCUT2D eigenvalue weighted by molar-refractivity contribution is 6.03. The predicted octanol–water partition coefficient (Wildman–Crippen LogP) is 1.74. The number of ether oxygens (including phenoxy) is 2. The molecule has 0 atom stereocenters. The third-order valence-electron chi connectivity index (χ3n) is 3.82. The molecule has 0 radical (unpaired) electrons. The summed E-state index contributed by atoms with van der Waals surface area (Å²) < 4.78 is 10.2. The number of nitrogens with one attached hydrogen (secondary N) is 1. The zero-order chi connectivity index (χ0) is 18.4. The standard InChI is InChI=1S/C18H20N4O4/c1-2-26-17(24)13-3-5-14(6-4-13)20-16(23)15-7-8-19-18(21-15)22-9-11-25-12-10-22/h3-8H,2,9-12H2,1H3,(H,20,23). The van der Waals surface area contributed by atoms with Crippen LogP contribution in [0.2, 0.25) is 0 Å². The van der Waals surface area contributed by atoms with Gasteiger partial charge in [-0.25, -0.2) is 14.8 Å². The fourth-order valence-corrected chi connectivity index (χ4v) is 2.49. The molecular formula is C18H20N4O4. The molecule has 136 valence electrons. The zero-order valence-corrected chi connectivity index (χ0v) is 14.5. The molecule has 0 unspecified atom stereocenters. The first-order chi connectivity index (χ1) is 12.7. The van der Waals surface area contributed by atoms with Crippen molar-refractivity contribution >= 4 is 23.5 Å². The number of anilines is 2. The molecule has 8 nitrogen and oxygen atoms in total. The molecule has 0 spiro atoms. The predicted molar refractivity (Wildman–Crippen MR) is 95.4 cm³/mol. The van der Waals surface area contributed by atoms with Gasteiger partial charge in [0.1, 0.15) is 5.69 Å². The number of hydrogen-bond donors (Lipinski definition) is 1. The monoisotopic (exact) mass is 356 g/mol. The largest absolute Gasteiger partial charge is 0.462 e. The van der Waals surface area contributed by atoms with Crippen LogP contribution in [0.1, 0.15) is 27.8 Å². The second-order valence-corrected chi connectivity index (χ2v) is 5.59. The average molecular weight is 356 g/mol. The maximum atomic E-state index is 12.4. The molecule has 8 heteroatoms. The van der Waals surface area contributed by atoms with E-state index in [0.717, 1.165) is 0 Å². The van der Waals surface area contributed by atoms with Crippen molar-refractivity contribution in [2.75, 3.05) is 43.1 Å². The Morgan fingerprint density at radius 3 is 2.62 bits per heavy atom. The minimum absolute atomic E-state index is 0.274. The van der Waals surface area contributed by atoms with Gasteiger partial charge in [0, 0.05) is 25.0 Å². The van der Waals surface area contributed by atoms with Gasteiger partial charge in [-0.3, -0.25) is 4.79 Å². The van der Waals surface area contributed by atoms with E-state index in [9.17, 15) is 9.59 Å². The topological polar surface area (TPSA) is 93.6 Å². The number of hydrogen-bond acceptors (Lipinski definition) is 7. The summed E-state index contributed by atoms with van der Waals surface area (Å²) in [5, 5.41) is 2.76. The number of carbonyl (C=O) groups is 2. The minimum Gasteiger partial charge on any atom is -0.462 e. The lowest BCUT2D eigenvalue weighted by Gasteiger charge is -2.26. The molecule has 26 heavy (non-hydrogen) atoms. The fraction of sp³-hybridized carbons (Fsp3) is 0.333. The van der Waals surface area contributed by atoms with E-state index in [2.05, 4.69) is 15.3 Å². The smallest absolute Gasteiger partial charge is 0.338 e. The van der Waals surface area contributed by atoms with E-state index >= 15 is 0 Å². The Balaban J connectivity index is 1.67. The summed E-state index contributed by atoms with van der Waals surface area (Å²) >= 11 is 0. The molecule has 1 amide bonds. The SMILES string of the molecule is CCOC(=O)c1ccc(NC(=O)c2ccnc(N3CCOCC3)n2)cc1. The van der Waals surface area contributed by atoms with Crippen molar-refractivity contribution in [3.05, 3.63) is 47.8 Å². The third-order valence-corrected chi connectivity index (χ3v) is 3.82. The van der Waals surface area contributed by atoms with Crippen molar-refractivity contribution in [2.45, 2.75) is 6.92 Å². The first kappa shape index (κ1) is 17.8. The van der Waals surface area contributed by atoms with Crippen molar-refractivity contribution < 1.29 is 19.1 Å². The van der Waals surface area contributed by atoms with Crippen LogP contribution < -0.4 is 10.2 Å². The van der Waals surface area contributed by atoms with Crippen LogP contribution in [0.3, 0.4) is 0 Å². The Morgan fingerprint density at radius 2 is 1.92 bits per heavy atom. The number of rotatable bonds is 5.